The fraction of sp³-hybridized carbons (Fsp3) is 0.500. The quantitative estimate of drug-likeness (QED) is 0.130. The van der Waals surface area contributed by atoms with E-state index in [1.807, 2.05) is 68.0 Å². The molecule has 0 bridgehead atoms. The molecule has 2 aliphatic carbocycles. The summed E-state index contributed by atoms with van der Waals surface area (Å²) in [6, 6.07) is 16.9. The van der Waals surface area contributed by atoms with Crippen molar-refractivity contribution < 1.29 is 38.1 Å². The van der Waals surface area contributed by atoms with Crippen molar-refractivity contribution in [3.63, 3.8) is 0 Å². The first-order valence-corrected chi connectivity index (χ1v) is 24.8. The number of esters is 1. The van der Waals surface area contributed by atoms with E-state index in [4.69, 9.17) is 28.9 Å². The molecule has 10 rings (SSSR count). The van der Waals surface area contributed by atoms with E-state index in [1.165, 1.54) is 14.2 Å². The Labute approximate surface area is 402 Å². The number of aliphatic imine (C=N–C) groups is 1. The van der Waals surface area contributed by atoms with Crippen molar-refractivity contribution in [2.45, 2.75) is 128 Å². The molecule has 3 amide bonds. The number of allylic oxidation sites excluding steroid dienone is 1. The topological polar surface area (TPSA) is 182 Å². The molecule has 1 aromatic heterocycles. The van der Waals surface area contributed by atoms with E-state index >= 15 is 0 Å². The van der Waals surface area contributed by atoms with Crippen LogP contribution in [0.15, 0.2) is 70.6 Å². The maximum Gasteiger partial charge on any atom is 0.407 e. The molecule has 69 heavy (non-hydrogen) atoms. The van der Waals surface area contributed by atoms with E-state index in [2.05, 4.69) is 40.6 Å². The fourth-order valence-corrected chi connectivity index (χ4v) is 11.4. The van der Waals surface area contributed by atoms with Gasteiger partial charge in [-0.1, -0.05) is 64.4 Å². The zero-order valence-electron chi connectivity index (χ0n) is 40.3. The minimum Gasteiger partial charge on any atom is -0.469 e. The molecule has 1 spiro atoms. The second kappa shape index (κ2) is 18.4. The van der Waals surface area contributed by atoms with Crippen molar-refractivity contribution in [3.05, 3.63) is 82.5 Å². The van der Waals surface area contributed by atoms with Crippen molar-refractivity contribution in [2.24, 2.45) is 28.7 Å². The lowest BCUT2D eigenvalue weighted by Gasteiger charge is -2.32. The molecule has 2 N–H and O–H groups in total. The predicted molar refractivity (Wildman–Crippen MR) is 260 cm³/mol. The Bertz CT molecular complexity index is 2830. The molecule has 2 unspecified atom stereocenters. The number of nitrogens with zero attached hydrogens (tertiary/aromatic N) is 4. The van der Waals surface area contributed by atoms with Crippen LogP contribution < -0.4 is 20.3 Å². The Morgan fingerprint density at radius 1 is 0.826 bits per heavy atom. The number of ether oxygens (including phenoxy) is 4. The van der Waals surface area contributed by atoms with Crippen molar-refractivity contribution >= 4 is 46.1 Å². The molecule has 15 nitrogen and oxygen atoms in total. The van der Waals surface area contributed by atoms with E-state index in [0.717, 1.165) is 90.5 Å². The lowest BCUT2D eigenvalue weighted by Crippen LogP contribution is -2.52. The number of aromatic nitrogens is 2. The van der Waals surface area contributed by atoms with Crippen LogP contribution in [0.1, 0.15) is 116 Å². The molecule has 4 aromatic rings. The highest BCUT2D eigenvalue weighted by Gasteiger charge is 2.56. The smallest absolute Gasteiger partial charge is 0.407 e. The van der Waals surface area contributed by atoms with Gasteiger partial charge in [-0.2, -0.15) is 0 Å². The number of alkyl carbamates (subject to hydrolysis) is 1. The van der Waals surface area contributed by atoms with Crippen molar-refractivity contribution in [2.75, 3.05) is 20.8 Å². The Morgan fingerprint density at radius 3 is 2.20 bits per heavy atom. The molecule has 2 saturated heterocycles. The van der Waals surface area contributed by atoms with Gasteiger partial charge < -0.3 is 39.0 Å². The number of hydrogen-bond acceptors (Lipinski definition) is 11. The van der Waals surface area contributed by atoms with Crippen LogP contribution in [0, 0.1) is 23.7 Å². The van der Waals surface area contributed by atoms with Crippen molar-refractivity contribution in [3.8, 4) is 33.8 Å². The summed E-state index contributed by atoms with van der Waals surface area (Å²) in [5.74, 6) is 0.105. The van der Waals surface area contributed by atoms with Gasteiger partial charge in [-0.05, 0) is 103 Å². The van der Waals surface area contributed by atoms with Gasteiger partial charge in [0.2, 0.25) is 11.8 Å². The van der Waals surface area contributed by atoms with E-state index < -0.39 is 29.9 Å². The summed E-state index contributed by atoms with van der Waals surface area (Å²) in [4.78, 5) is 82.8. The number of carbonyl (C=O) groups is 4. The molecule has 5 heterocycles. The molecule has 0 radical (unpaired) electrons. The summed E-state index contributed by atoms with van der Waals surface area (Å²) in [5, 5.41) is 3.13. The van der Waals surface area contributed by atoms with Crippen LogP contribution in [0.2, 0.25) is 0 Å². The first kappa shape index (κ1) is 46.2. The van der Waals surface area contributed by atoms with Crippen LogP contribution in [0.4, 0.5) is 4.79 Å². The van der Waals surface area contributed by atoms with E-state index in [9.17, 15) is 24.0 Å². The molecule has 6 aliphatic rings. The summed E-state index contributed by atoms with van der Waals surface area (Å²) >= 11 is 0. The Balaban J connectivity index is 0.895. The van der Waals surface area contributed by atoms with Gasteiger partial charge in [0.25, 0.3) is 11.3 Å². The minimum absolute atomic E-state index is 0.000373. The SMILES string of the molecule is COC(=O)C[C@H](C(=O)N1CCC[C@H]1C1=NC=C(c2ccc(-c3ccc(-c4ccc5nc([C@@H]6CC7CC7N6C(=O)[C@@H](NC(=O)OC)C(C)C)[nH]c(=O)c5c4)c4c3OC3(CCCCC3)O4)cc2)C1)C(C)C. The summed E-state index contributed by atoms with van der Waals surface area (Å²) in [6.07, 6.45) is 9.91. The molecule has 15 heteroatoms. The predicted octanol–water partition coefficient (Wildman–Crippen LogP) is 8.74. The van der Waals surface area contributed by atoms with Gasteiger partial charge in [-0.25, -0.2) is 9.78 Å². The van der Waals surface area contributed by atoms with Gasteiger partial charge >= 0.3 is 12.1 Å². The van der Waals surface area contributed by atoms with Crippen molar-refractivity contribution in [1.82, 2.24) is 25.1 Å². The maximum absolute atomic E-state index is 14.0. The maximum atomic E-state index is 14.0. The minimum atomic E-state index is -0.779. The third-order valence-corrected chi connectivity index (χ3v) is 15.4. The third kappa shape index (κ3) is 8.66. The molecule has 2 saturated carbocycles. The van der Waals surface area contributed by atoms with E-state index in [0.29, 0.717) is 53.5 Å². The first-order chi connectivity index (χ1) is 33.3. The molecule has 4 aliphatic heterocycles. The Kier molecular flexibility index (Phi) is 12.3. The van der Waals surface area contributed by atoms with Crippen LogP contribution in [0.3, 0.4) is 0 Å². The highest BCUT2D eigenvalue weighted by molar-refractivity contribution is 6.03. The standard InChI is InChI=1S/C54H62N6O9/c1-29(2)38(27-45(61)66-5)51(63)59-22-10-11-42(59)41-24-35(28-55-41)31-12-14-32(15-13-31)36-17-18-37(48-47(36)68-54(69-48)20-8-7-9-21-54)33-16-19-40-39(23-33)50(62)58-49(56-40)44-26-34-25-43(34)60(44)52(64)46(30(3)4)57-53(65)67-6/h12-19,23,28-30,34,38,42-44,46H,7-11,20-22,24-27H2,1-6H3,(H,57,65)(H,56,58,62)/t34?,38-,42-,43?,44-,46-/m0/s1. The number of rotatable bonds is 12. The average Bonchev–Trinajstić information content (AvgIpc) is 3.81. The molecular formula is C54H62N6O9. The fourth-order valence-electron chi connectivity index (χ4n) is 11.4. The number of benzene rings is 3. The monoisotopic (exact) mass is 938 g/mol. The number of hydrogen-bond donors (Lipinski definition) is 2. The third-order valence-electron chi connectivity index (χ3n) is 15.4. The first-order valence-electron chi connectivity index (χ1n) is 24.8. The van der Waals surface area contributed by atoms with Crippen LogP contribution >= 0.6 is 0 Å². The number of likely N-dealkylation sites (tertiary alicyclic amines) is 2. The highest BCUT2D eigenvalue weighted by Crippen LogP contribution is 2.55. The van der Waals surface area contributed by atoms with Gasteiger partial charge in [0.05, 0.1) is 49.5 Å². The molecule has 6 atom stereocenters. The van der Waals surface area contributed by atoms with Crippen LogP contribution in [0.25, 0.3) is 38.7 Å². The average molecular weight is 939 g/mol. The summed E-state index contributed by atoms with van der Waals surface area (Å²) in [7, 11) is 2.63. The number of H-pyrrole nitrogens is 1. The number of methoxy groups -OCH3 is 2. The Hall–Kier alpha value is -6.51. The second-order valence-corrected chi connectivity index (χ2v) is 20.4. The molecule has 362 valence electrons. The van der Waals surface area contributed by atoms with Gasteiger partial charge in [0, 0.05) is 54.9 Å². The number of fused-ring (bicyclic) bond motifs is 3. The zero-order chi connectivity index (χ0) is 48.3. The normalized spacial score (nSPS) is 23.0. The largest absolute Gasteiger partial charge is 0.469 e. The number of amides is 3. The summed E-state index contributed by atoms with van der Waals surface area (Å²) in [5.41, 5.74) is 6.81. The van der Waals surface area contributed by atoms with E-state index in [-0.39, 0.29) is 53.7 Å². The van der Waals surface area contributed by atoms with E-state index in [1.54, 1.807) is 0 Å². The van der Waals surface area contributed by atoms with Crippen LogP contribution in [-0.4, -0.2) is 94.0 Å². The van der Waals surface area contributed by atoms with Gasteiger partial charge in [0.1, 0.15) is 11.9 Å². The van der Waals surface area contributed by atoms with Crippen LogP contribution in [0.5, 0.6) is 11.5 Å². The second-order valence-electron chi connectivity index (χ2n) is 20.4. The van der Waals surface area contributed by atoms with Crippen LogP contribution in [-0.2, 0) is 23.9 Å². The molecular weight excluding hydrogens is 877 g/mol. The molecule has 3 aromatic carbocycles. The lowest BCUT2D eigenvalue weighted by atomic mass is 9.90. The summed E-state index contributed by atoms with van der Waals surface area (Å²) in [6.45, 7) is 8.36. The number of aromatic amines is 1. The number of carbonyl (C=O) groups excluding carboxylic acids is 4. The lowest BCUT2D eigenvalue weighted by molar-refractivity contribution is -0.148. The van der Waals surface area contributed by atoms with Gasteiger partial charge in [-0.3, -0.25) is 24.2 Å². The van der Waals surface area contributed by atoms with Gasteiger partial charge in [0.15, 0.2) is 11.5 Å². The Morgan fingerprint density at radius 2 is 1.52 bits per heavy atom. The molecule has 4 fully saturated rings. The summed E-state index contributed by atoms with van der Waals surface area (Å²) < 4.78 is 23.5. The van der Waals surface area contributed by atoms with Crippen molar-refractivity contribution in [1.29, 1.82) is 0 Å². The van der Waals surface area contributed by atoms with Gasteiger partial charge in [-0.15, -0.1) is 0 Å². The number of piperidine rings is 1. The highest BCUT2D eigenvalue weighted by atomic mass is 16.7. The number of nitrogens with one attached hydrogen (secondary N) is 2. The zero-order valence-corrected chi connectivity index (χ0v) is 40.3.